The molecule has 3 heterocycles. The van der Waals surface area contributed by atoms with E-state index in [1.54, 1.807) is 4.68 Å². The second-order valence-electron chi connectivity index (χ2n) is 7.80. The monoisotopic (exact) mass is 382 g/mol. The van der Waals surface area contributed by atoms with Gasteiger partial charge in [0.25, 0.3) is 0 Å². The van der Waals surface area contributed by atoms with Gasteiger partial charge in [-0.15, -0.1) is 5.10 Å². The number of aryl methyl sites for hydroxylation is 1. The minimum atomic E-state index is -0.389. The molecule has 0 bridgehead atoms. The molecular formula is C20H26N6O2. The van der Waals surface area contributed by atoms with E-state index >= 15 is 0 Å². The van der Waals surface area contributed by atoms with Crippen LogP contribution >= 0.6 is 0 Å². The van der Waals surface area contributed by atoms with E-state index in [4.69, 9.17) is 0 Å². The molecule has 2 aliphatic heterocycles. The van der Waals surface area contributed by atoms with E-state index in [1.165, 1.54) is 11.9 Å². The zero-order valence-corrected chi connectivity index (χ0v) is 16.0. The van der Waals surface area contributed by atoms with Crippen molar-refractivity contribution in [2.45, 2.75) is 38.6 Å². The molecule has 148 valence electrons. The van der Waals surface area contributed by atoms with Crippen molar-refractivity contribution in [1.82, 2.24) is 30.0 Å². The topological polar surface area (TPSA) is 84.2 Å². The van der Waals surface area contributed by atoms with Crippen molar-refractivity contribution in [1.29, 1.82) is 0 Å². The van der Waals surface area contributed by atoms with Crippen molar-refractivity contribution in [2.75, 3.05) is 26.2 Å². The Kier molecular flexibility index (Phi) is 5.36. The number of carbonyl (C=O) groups is 2. The van der Waals surface area contributed by atoms with Crippen LogP contribution < -0.4 is 0 Å². The number of carbonyl (C=O) groups excluding carboxylic acids is 2. The molecule has 2 aliphatic rings. The van der Waals surface area contributed by atoms with Gasteiger partial charge in [0.2, 0.25) is 11.8 Å². The van der Waals surface area contributed by atoms with Crippen LogP contribution in [0.3, 0.4) is 0 Å². The average molecular weight is 382 g/mol. The number of likely N-dealkylation sites (tertiary alicyclic amines) is 2. The van der Waals surface area contributed by atoms with Gasteiger partial charge in [0.05, 0.1) is 12.0 Å². The molecule has 2 aromatic rings. The lowest BCUT2D eigenvalue weighted by Crippen LogP contribution is -2.50. The normalized spacial score (nSPS) is 22.2. The standard InChI is InChI=1S/C20H26N6O2/c27-18(8-13-26-16-21-22-23-26)25-14-10-20(15-25)9-4-11-24(19(20)28)12-7-17-5-2-1-3-6-17/h1-3,5-6,16H,4,7-15H2/t20-/m0/s1. The minimum absolute atomic E-state index is 0.0709. The molecule has 4 rings (SSSR count). The van der Waals surface area contributed by atoms with Gasteiger partial charge in [-0.1, -0.05) is 30.3 Å². The first kappa shape index (κ1) is 18.6. The number of hydrogen-bond donors (Lipinski definition) is 0. The number of aromatic nitrogens is 4. The zero-order chi connectivity index (χ0) is 19.4. The summed E-state index contributed by atoms with van der Waals surface area (Å²) in [7, 11) is 0. The van der Waals surface area contributed by atoms with E-state index < -0.39 is 0 Å². The summed E-state index contributed by atoms with van der Waals surface area (Å²) in [6.07, 6.45) is 5.39. The van der Waals surface area contributed by atoms with E-state index in [0.29, 0.717) is 26.1 Å². The Morgan fingerprint density at radius 2 is 1.96 bits per heavy atom. The van der Waals surface area contributed by atoms with E-state index in [0.717, 1.165) is 38.8 Å². The van der Waals surface area contributed by atoms with Gasteiger partial charge in [0, 0.05) is 32.6 Å². The lowest BCUT2D eigenvalue weighted by atomic mass is 9.78. The van der Waals surface area contributed by atoms with Crippen LogP contribution in [0.5, 0.6) is 0 Å². The van der Waals surface area contributed by atoms with Crippen molar-refractivity contribution in [2.24, 2.45) is 5.41 Å². The third kappa shape index (κ3) is 3.90. The molecule has 2 amide bonds. The molecule has 1 aromatic heterocycles. The zero-order valence-electron chi connectivity index (χ0n) is 16.0. The third-order valence-electron chi connectivity index (χ3n) is 5.99. The van der Waals surface area contributed by atoms with Gasteiger partial charge in [-0.25, -0.2) is 4.68 Å². The van der Waals surface area contributed by atoms with Crippen LogP contribution in [-0.4, -0.2) is 68.0 Å². The summed E-state index contributed by atoms with van der Waals surface area (Å²) in [5.74, 6) is 0.298. The summed E-state index contributed by atoms with van der Waals surface area (Å²) in [5, 5.41) is 11.0. The largest absolute Gasteiger partial charge is 0.342 e. The van der Waals surface area contributed by atoms with Gasteiger partial charge in [-0.2, -0.15) is 0 Å². The summed E-state index contributed by atoms with van der Waals surface area (Å²) < 4.78 is 1.56. The fourth-order valence-corrected chi connectivity index (χ4v) is 4.39. The predicted molar refractivity (Wildman–Crippen MR) is 102 cm³/mol. The molecule has 1 spiro atoms. The highest BCUT2D eigenvalue weighted by atomic mass is 16.2. The van der Waals surface area contributed by atoms with E-state index in [2.05, 4.69) is 27.7 Å². The van der Waals surface area contributed by atoms with Gasteiger partial charge in [0.1, 0.15) is 6.33 Å². The quantitative estimate of drug-likeness (QED) is 0.748. The third-order valence-corrected chi connectivity index (χ3v) is 5.99. The molecule has 0 saturated carbocycles. The van der Waals surface area contributed by atoms with E-state index in [1.807, 2.05) is 28.0 Å². The molecule has 2 saturated heterocycles. The smallest absolute Gasteiger partial charge is 0.230 e. The maximum atomic E-state index is 13.2. The van der Waals surface area contributed by atoms with Crippen molar-refractivity contribution < 1.29 is 9.59 Å². The van der Waals surface area contributed by atoms with Gasteiger partial charge in [-0.05, 0) is 41.7 Å². The highest BCUT2D eigenvalue weighted by Gasteiger charge is 2.49. The molecule has 8 nitrogen and oxygen atoms in total. The first-order chi connectivity index (χ1) is 13.7. The molecule has 28 heavy (non-hydrogen) atoms. The van der Waals surface area contributed by atoms with Crippen molar-refractivity contribution in [3.8, 4) is 0 Å². The first-order valence-corrected chi connectivity index (χ1v) is 9.98. The number of piperidine rings is 1. The average Bonchev–Trinajstić information content (AvgIpc) is 3.39. The van der Waals surface area contributed by atoms with Crippen LogP contribution in [-0.2, 0) is 22.6 Å². The first-order valence-electron chi connectivity index (χ1n) is 9.98. The number of nitrogens with zero attached hydrogens (tertiary/aromatic N) is 6. The minimum Gasteiger partial charge on any atom is -0.342 e. The summed E-state index contributed by atoms with van der Waals surface area (Å²) in [6.45, 7) is 3.24. The molecule has 0 radical (unpaired) electrons. The lowest BCUT2D eigenvalue weighted by molar-refractivity contribution is -0.146. The van der Waals surface area contributed by atoms with Gasteiger partial charge in [0.15, 0.2) is 0 Å². The summed E-state index contributed by atoms with van der Waals surface area (Å²) >= 11 is 0. The Bertz CT molecular complexity index is 809. The van der Waals surface area contributed by atoms with Crippen LogP contribution in [0.15, 0.2) is 36.7 Å². The second-order valence-corrected chi connectivity index (χ2v) is 7.80. The Balaban J connectivity index is 1.33. The van der Waals surface area contributed by atoms with Crippen molar-refractivity contribution in [3.63, 3.8) is 0 Å². The Labute approximate surface area is 164 Å². The Morgan fingerprint density at radius 3 is 2.75 bits per heavy atom. The molecule has 0 aliphatic carbocycles. The van der Waals surface area contributed by atoms with Crippen LogP contribution in [0.4, 0.5) is 0 Å². The highest BCUT2D eigenvalue weighted by molar-refractivity contribution is 5.86. The molecular weight excluding hydrogens is 356 g/mol. The number of hydrogen-bond acceptors (Lipinski definition) is 5. The predicted octanol–water partition coefficient (Wildman–Crippen LogP) is 1.15. The van der Waals surface area contributed by atoms with Crippen molar-refractivity contribution >= 4 is 11.8 Å². The maximum absolute atomic E-state index is 13.2. The number of amides is 2. The van der Waals surface area contributed by atoms with Crippen LogP contribution in [0, 0.1) is 5.41 Å². The van der Waals surface area contributed by atoms with Crippen LogP contribution in [0.25, 0.3) is 0 Å². The molecule has 1 atom stereocenters. The van der Waals surface area contributed by atoms with Gasteiger partial charge in [-0.3, -0.25) is 9.59 Å². The number of benzene rings is 1. The Morgan fingerprint density at radius 1 is 1.11 bits per heavy atom. The lowest BCUT2D eigenvalue weighted by Gasteiger charge is -2.39. The van der Waals surface area contributed by atoms with Crippen molar-refractivity contribution in [3.05, 3.63) is 42.2 Å². The fourth-order valence-electron chi connectivity index (χ4n) is 4.39. The number of rotatable bonds is 6. The maximum Gasteiger partial charge on any atom is 0.230 e. The summed E-state index contributed by atoms with van der Waals surface area (Å²) in [6, 6.07) is 10.3. The molecule has 0 unspecified atom stereocenters. The van der Waals surface area contributed by atoms with E-state index in [9.17, 15) is 9.59 Å². The molecule has 0 N–H and O–H groups in total. The Hall–Kier alpha value is -2.77. The molecule has 8 heteroatoms. The van der Waals surface area contributed by atoms with Gasteiger partial charge < -0.3 is 9.80 Å². The van der Waals surface area contributed by atoms with Crippen LogP contribution in [0.1, 0.15) is 31.2 Å². The number of tetrazole rings is 1. The summed E-state index contributed by atoms with van der Waals surface area (Å²) in [4.78, 5) is 29.7. The molecule has 1 aromatic carbocycles. The van der Waals surface area contributed by atoms with E-state index in [-0.39, 0.29) is 17.2 Å². The fraction of sp³-hybridized carbons (Fsp3) is 0.550. The molecule has 2 fully saturated rings. The van der Waals surface area contributed by atoms with Crippen LogP contribution in [0.2, 0.25) is 0 Å². The second kappa shape index (κ2) is 8.08. The van der Waals surface area contributed by atoms with Gasteiger partial charge >= 0.3 is 0 Å². The summed E-state index contributed by atoms with van der Waals surface area (Å²) in [5.41, 5.74) is 0.861. The highest BCUT2D eigenvalue weighted by Crippen LogP contribution is 2.40. The SMILES string of the molecule is O=C(CCn1cnnn1)N1CC[C@@]2(CCCN(CCc3ccccc3)C2=O)C1.